The van der Waals surface area contributed by atoms with E-state index >= 15 is 4.79 Å². The molecular weight excluding hydrogens is 877 g/mol. The molecule has 2 amide bonds. The number of anilines is 1. The number of nitrogens with one attached hydrogen (secondary N) is 1. The number of aromatic hydroxyl groups is 1. The molecule has 2 fully saturated rings. The molecule has 4 heterocycles. The number of hydrazine groups is 1. The van der Waals surface area contributed by atoms with Crippen molar-refractivity contribution in [1.82, 2.24) is 28.5 Å². The number of benzene rings is 4. The number of fused-ring (bicyclic) bond motifs is 5. The first-order chi connectivity index (χ1) is 31.7. The molecule has 3 aliphatic rings. The standard InChI is InChI=1S/C47H43ClFN7O10/c1-52-36-24-38(64-3)37(63-2)23-34(36)50-33(43(52)59)17-18-53-45(61)54-19-16-30-31(15-6-25-20-39(65-4)41(57)40(21-25)66-5)47(26-7-9-27(48)10-8-26)32(22-35(30)56(54)46(53)62)42(58)55(44(47)60)51-29-13-11-28(49)12-14-29/h6-16,20-21,23-24,31-32,35,51,57H,17-19,22H2,1-5H3/t31-,32-,35+,47-/m0/s1. The molecule has 0 radical (unpaired) electrons. The number of hydrogen-bond acceptors (Lipinski definition) is 12. The van der Waals surface area contributed by atoms with E-state index in [9.17, 15) is 28.7 Å². The summed E-state index contributed by atoms with van der Waals surface area (Å²) in [5, 5.41) is 12.0. The summed E-state index contributed by atoms with van der Waals surface area (Å²) < 4.78 is 40.8. The van der Waals surface area contributed by atoms with Crippen LogP contribution in [0.1, 0.15) is 29.3 Å². The van der Waals surface area contributed by atoms with E-state index in [4.69, 9.17) is 30.5 Å². The third kappa shape index (κ3) is 6.81. The van der Waals surface area contributed by atoms with Gasteiger partial charge < -0.3 is 28.6 Å². The number of aryl methyl sites for hydroxylation is 2. The lowest BCUT2D eigenvalue weighted by Gasteiger charge is -2.47. The average molecular weight is 920 g/mol. The maximum Gasteiger partial charge on any atom is 0.347 e. The number of phenols is 1. The monoisotopic (exact) mass is 919 g/mol. The molecule has 2 aromatic heterocycles. The second-order valence-corrected chi connectivity index (χ2v) is 16.5. The number of aromatic nitrogens is 5. The van der Waals surface area contributed by atoms with Gasteiger partial charge >= 0.3 is 11.4 Å². The van der Waals surface area contributed by atoms with Gasteiger partial charge in [-0.25, -0.2) is 32.9 Å². The molecule has 4 atom stereocenters. The highest BCUT2D eigenvalue weighted by molar-refractivity contribution is 6.30. The molecule has 6 aromatic rings. The minimum absolute atomic E-state index is 0.0727. The zero-order valence-corrected chi connectivity index (χ0v) is 37.0. The van der Waals surface area contributed by atoms with Crippen LogP contribution in [0.2, 0.25) is 5.02 Å². The van der Waals surface area contributed by atoms with Crippen LogP contribution in [0.25, 0.3) is 17.1 Å². The molecule has 66 heavy (non-hydrogen) atoms. The van der Waals surface area contributed by atoms with Gasteiger partial charge in [0.1, 0.15) is 11.5 Å². The molecule has 1 aliphatic carbocycles. The molecule has 0 spiro atoms. The number of carbonyl (C=O) groups excluding carboxylic acids is 2. The van der Waals surface area contributed by atoms with E-state index in [0.717, 1.165) is 9.58 Å². The lowest BCUT2D eigenvalue weighted by Crippen LogP contribution is -2.54. The Kier molecular flexibility index (Phi) is 11.1. The number of rotatable bonds is 12. The van der Waals surface area contributed by atoms with Crippen LogP contribution in [0.4, 0.5) is 10.1 Å². The molecule has 2 aliphatic heterocycles. The molecule has 340 valence electrons. The highest BCUT2D eigenvalue weighted by Gasteiger charge is 2.68. The molecular formula is C47H43ClFN7O10. The van der Waals surface area contributed by atoms with Gasteiger partial charge in [0, 0.05) is 43.1 Å². The lowest BCUT2D eigenvalue weighted by molar-refractivity contribution is -0.138. The predicted molar refractivity (Wildman–Crippen MR) is 241 cm³/mol. The van der Waals surface area contributed by atoms with Gasteiger partial charge in [-0.05, 0) is 71.7 Å². The Hall–Kier alpha value is -7.60. The van der Waals surface area contributed by atoms with Gasteiger partial charge in [-0.1, -0.05) is 42.0 Å². The number of imide groups is 1. The van der Waals surface area contributed by atoms with Crippen molar-refractivity contribution in [2.45, 2.75) is 37.4 Å². The van der Waals surface area contributed by atoms with Crippen molar-refractivity contribution in [2.24, 2.45) is 18.9 Å². The van der Waals surface area contributed by atoms with Crippen molar-refractivity contribution in [1.29, 1.82) is 0 Å². The highest BCUT2D eigenvalue weighted by atomic mass is 35.5. The number of carbonyl (C=O) groups is 2. The summed E-state index contributed by atoms with van der Waals surface area (Å²) in [7, 11) is 7.34. The van der Waals surface area contributed by atoms with E-state index in [-0.39, 0.29) is 54.6 Å². The van der Waals surface area contributed by atoms with Gasteiger partial charge in [0.15, 0.2) is 23.0 Å². The van der Waals surface area contributed by atoms with Crippen LogP contribution in [0.5, 0.6) is 28.7 Å². The van der Waals surface area contributed by atoms with Crippen LogP contribution in [0.3, 0.4) is 0 Å². The number of phenolic OH excluding ortho intramolecular Hbond substituents is 1. The van der Waals surface area contributed by atoms with Crippen molar-refractivity contribution in [3.05, 3.63) is 150 Å². The van der Waals surface area contributed by atoms with Crippen LogP contribution in [-0.4, -0.2) is 73.9 Å². The second-order valence-electron chi connectivity index (χ2n) is 16.1. The molecule has 2 N–H and O–H groups in total. The molecule has 17 nitrogen and oxygen atoms in total. The number of halogens is 2. The van der Waals surface area contributed by atoms with Gasteiger partial charge in [0.25, 0.3) is 17.4 Å². The maximum atomic E-state index is 15.4. The summed E-state index contributed by atoms with van der Waals surface area (Å²) in [6, 6.07) is 17.3. The normalized spacial score (nSPS) is 20.0. The molecule has 19 heteroatoms. The van der Waals surface area contributed by atoms with E-state index in [2.05, 4.69) is 10.4 Å². The van der Waals surface area contributed by atoms with E-state index in [1.165, 1.54) is 66.6 Å². The van der Waals surface area contributed by atoms with Crippen LogP contribution in [0.15, 0.2) is 105 Å². The first kappa shape index (κ1) is 43.6. The number of methoxy groups -OCH3 is 4. The van der Waals surface area contributed by atoms with E-state index in [1.807, 2.05) is 0 Å². The Bertz CT molecular complexity index is 3190. The summed E-state index contributed by atoms with van der Waals surface area (Å²) in [5.41, 5.74) is 2.35. The Morgan fingerprint density at radius 3 is 2.18 bits per heavy atom. The number of allylic oxidation sites excluding steroid dienone is 3. The Labute approximate surface area is 380 Å². The van der Waals surface area contributed by atoms with Gasteiger partial charge in [0.05, 0.1) is 69.1 Å². The maximum absolute atomic E-state index is 15.4. The van der Waals surface area contributed by atoms with E-state index in [1.54, 1.807) is 73.8 Å². The Morgan fingerprint density at radius 1 is 0.879 bits per heavy atom. The predicted octanol–water partition coefficient (Wildman–Crippen LogP) is 5.00. The quantitative estimate of drug-likeness (QED) is 0.124. The fraction of sp³-hybridized carbons (Fsp3) is 0.277. The SMILES string of the molecule is COc1cc2nc(CCn3c(=O)n4n(c3=O)[C@@H]3C[C@H]5C(=O)N(Nc6ccc(F)cc6)C(=O)[C@@]5(c5ccc(Cl)cc5)[C@@H](C=Cc5cc(OC)c(O)c(OC)c5)C3=CC4)c(=O)n(C)c2cc1OC. The highest BCUT2D eigenvalue weighted by Crippen LogP contribution is 2.59. The topological polar surface area (TPSA) is 190 Å². The lowest BCUT2D eigenvalue weighted by atomic mass is 9.54. The zero-order chi connectivity index (χ0) is 46.8. The van der Waals surface area contributed by atoms with E-state index in [0.29, 0.717) is 44.3 Å². The van der Waals surface area contributed by atoms with Gasteiger partial charge in [-0.15, -0.1) is 0 Å². The van der Waals surface area contributed by atoms with Crippen LogP contribution >= 0.6 is 11.6 Å². The third-order valence-corrected chi connectivity index (χ3v) is 13.1. The van der Waals surface area contributed by atoms with Gasteiger partial charge in [-0.3, -0.25) is 19.8 Å². The van der Waals surface area contributed by atoms with Crippen molar-refractivity contribution in [2.75, 3.05) is 33.9 Å². The fourth-order valence-electron chi connectivity index (χ4n) is 9.71. The number of nitrogens with zero attached hydrogens (tertiary/aromatic N) is 6. The molecule has 0 bridgehead atoms. The number of ether oxygens (including phenoxy) is 4. The van der Waals surface area contributed by atoms with Gasteiger partial charge in [-0.2, -0.15) is 5.01 Å². The summed E-state index contributed by atoms with van der Waals surface area (Å²) in [4.78, 5) is 77.5. The molecule has 4 aromatic carbocycles. The second kappa shape index (κ2) is 16.8. The van der Waals surface area contributed by atoms with Crippen molar-refractivity contribution < 1.29 is 38.0 Å². The number of hydrogen-bond donors (Lipinski definition) is 2. The van der Waals surface area contributed by atoms with Crippen molar-refractivity contribution >= 4 is 46.2 Å². The van der Waals surface area contributed by atoms with Crippen molar-refractivity contribution in [3.63, 3.8) is 0 Å². The molecule has 1 saturated heterocycles. The number of amides is 2. The summed E-state index contributed by atoms with van der Waals surface area (Å²) in [6.45, 7) is -0.275. The zero-order valence-electron chi connectivity index (χ0n) is 36.3. The average Bonchev–Trinajstić information content (AvgIpc) is 3.69. The first-order valence-corrected chi connectivity index (χ1v) is 21.2. The third-order valence-electron chi connectivity index (χ3n) is 12.9. The summed E-state index contributed by atoms with van der Waals surface area (Å²) in [5.74, 6) is -3.02. The summed E-state index contributed by atoms with van der Waals surface area (Å²) in [6.07, 6.45) is 5.10. The molecule has 1 saturated carbocycles. The Balaban J connectivity index is 1.17. The largest absolute Gasteiger partial charge is 0.502 e. The van der Waals surface area contributed by atoms with Crippen LogP contribution in [-0.2, 0) is 41.6 Å². The van der Waals surface area contributed by atoms with E-state index < -0.39 is 57.9 Å². The molecule has 0 unspecified atom stereocenters. The first-order valence-electron chi connectivity index (χ1n) is 20.8. The summed E-state index contributed by atoms with van der Waals surface area (Å²) >= 11 is 6.40. The minimum Gasteiger partial charge on any atom is -0.502 e. The molecule has 9 rings (SSSR count). The fourth-order valence-corrected chi connectivity index (χ4v) is 9.83. The van der Waals surface area contributed by atoms with Crippen LogP contribution in [0, 0.1) is 17.7 Å². The van der Waals surface area contributed by atoms with Crippen LogP contribution < -0.4 is 41.3 Å². The smallest absolute Gasteiger partial charge is 0.347 e. The van der Waals surface area contributed by atoms with Gasteiger partial charge in [0.2, 0.25) is 5.75 Å². The van der Waals surface area contributed by atoms with Crippen molar-refractivity contribution in [3.8, 4) is 28.7 Å². The Morgan fingerprint density at radius 2 is 1.53 bits per heavy atom. The minimum atomic E-state index is -1.65.